The van der Waals surface area contributed by atoms with Gasteiger partial charge in [-0.15, -0.1) is 10.2 Å². The zero-order chi connectivity index (χ0) is 10.8. The number of hydrogen-bond acceptors (Lipinski definition) is 5. The van der Waals surface area contributed by atoms with E-state index in [1.807, 2.05) is 0 Å². The molecule has 0 saturated carbocycles. The van der Waals surface area contributed by atoms with Gasteiger partial charge in [0.05, 0.1) is 5.92 Å². The monoisotopic (exact) mass is 223 g/mol. The molecule has 2 aliphatic heterocycles. The molecule has 88 valence electrons. The summed E-state index contributed by atoms with van der Waals surface area (Å²) in [7, 11) is 0. The van der Waals surface area contributed by atoms with Gasteiger partial charge in [-0.25, -0.2) is 0 Å². The molecule has 0 spiro atoms. The first-order chi connectivity index (χ1) is 7.93. The lowest BCUT2D eigenvalue weighted by Crippen LogP contribution is -2.11. The van der Waals surface area contributed by atoms with Gasteiger partial charge >= 0.3 is 0 Å². The molecule has 3 rings (SSSR count). The van der Waals surface area contributed by atoms with Crippen molar-refractivity contribution in [2.45, 2.75) is 37.7 Å². The molecule has 2 atom stereocenters. The molecule has 1 aromatic rings. The van der Waals surface area contributed by atoms with Crippen LogP contribution in [0.2, 0.25) is 0 Å². The number of ether oxygens (including phenoxy) is 1. The maximum Gasteiger partial charge on any atom is 0.245 e. The van der Waals surface area contributed by atoms with Gasteiger partial charge in [-0.05, 0) is 32.2 Å². The Morgan fingerprint density at radius 3 is 2.81 bits per heavy atom. The van der Waals surface area contributed by atoms with E-state index in [1.165, 1.54) is 6.42 Å². The molecule has 1 N–H and O–H groups in total. The predicted molar refractivity (Wildman–Crippen MR) is 57.1 cm³/mol. The summed E-state index contributed by atoms with van der Waals surface area (Å²) >= 11 is 0. The Kier molecular flexibility index (Phi) is 2.88. The van der Waals surface area contributed by atoms with Crippen LogP contribution in [0.25, 0.3) is 0 Å². The van der Waals surface area contributed by atoms with Crippen molar-refractivity contribution in [3.8, 4) is 0 Å². The van der Waals surface area contributed by atoms with E-state index < -0.39 is 0 Å². The number of aromatic nitrogens is 2. The minimum atomic E-state index is 0.0318. The molecule has 0 aromatic carbocycles. The van der Waals surface area contributed by atoms with Crippen molar-refractivity contribution in [2.75, 3.05) is 19.7 Å². The third-order valence-corrected chi connectivity index (χ3v) is 3.32. The van der Waals surface area contributed by atoms with E-state index in [-0.39, 0.29) is 6.10 Å². The van der Waals surface area contributed by atoms with Crippen LogP contribution in [-0.4, -0.2) is 29.9 Å². The summed E-state index contributed by atoms with van der Waals surface area (Å²) in [6.45, 7) is 2.81. The van der Waals surface area contributed by atoms with Crippen molar-refractivity contribution in [1.29, 1.82) is 0 Å². The molecule has 2 fully saturated rings. The van der Waals surface area contributed by atoms with Gasteiger partial charge in [0.1, 0.15) is 6.10 Å². The summed E-state index contributed by atoms with van der Waals surface area (Å²) in [5, 5.41) is 11.6. The van der Waals surface area contributed by atoms with Gasteiger partial charge in [0.2, 0.25) is 11.8 Å². The highest BCUT2D eigenvalue weighted by atomic mass is 16.5. The highest BCUT2D eigenvalue weighted by Gasteiger charge is 2.26. The van der Waals surface area contributed by atoms with Crippen molar-refractivity contribution >= 4 is 0 Å². The second-order valence-electron chi connectivity index (χ2n) is 4.52. The van der Waals surface area contributed by atoms with Crippen molar-refractivity contribution < 1.29 is 9.15 Å². The van der Waals surface area contributed by atoms with Crippen LogP contribution in [-0.2, 0) is 4.74 Å². The van der Waals surface area contributed by atoms with Crippen molar-refractivity contribution in [3.05, 3.63) is 11.8 Å². The van der Waals surface area contributed by atoms with Gasteiger partial charge in [-0.3, -0.25) is 0 Å². The van der Waals surface area contributed by atoms with Crippen molar-refractivity contribution in [1.82, 2.24) is 15.5 Å². The number of nitrogens with one attached hydrogen (secondary N) is 1. The lowest BCUT2D eigenvalue weighted by molar-refractivity contribution is -0.00226. The molecule has 2 saturated heterocycles. The topological polar surface area (TPSA) is 60.2 Å². The Hall–Kier alpha value is -0.940. The van der Waals surface area contributed by atoms with Crippen molar-refractivity contribution in [2.24, 2.45) is 0 Å². The van der Waals surface area contributed by atoms with Crippen LogP contribution in [0, 0.1) is 0 Å². The van der Waals surface area contributed by atoms with Gasteiger partial charge in [0.25, 0.3) is 0 Å². The largest absolute Gasteiger partial charge is 0.422 e. The Balaban J connectivity index is 1.71. The molecular formula is C11H17N3O2. The van der Waals surface area contributed by atoms with Crippen LogP contribution < -0.4 is 5.32 Å². The fourth-order valence-corrected chi connectivity index (χ4v) is 2.34. The number of hydrogen-bond donors (Lipinski definition) is 1. The molecular weight excluding hydrogens is 206 g/mol. The lowest BCUT2D eigenvalue weighted by Gasteiger charge is -2.18. The van der Waals surface area contributed by atoms with E-state index in [9.17, 15) is 0 Å². The maximum atomic E-state index is 5.72. The standard InChI is InChI=1S/C11H17N3O2/c1-2-6-15-9(3-1)11-14-13-10(16-11)8-4-5-12-7-8/h8-9,12H,1-7H2. The Labute approximate surface area is 94.6 Å². The van der Waals surface area contributed by atoms with E-state index in [0.717, 1.165) is 44.8 Å². The second kappa shape index (κ2) is 4.51. The summed E-state index contributed by atoms with van der Waals surface area (Å²) < 4.78 is 11.3. The maximum absolute atomic E-state index is 5.72. The van der Waals surface area contributed by atoms with E-state index in [2.05, 4.69) is 15.5 Å². The minimum absolute atomic E-state index is 0.0318. The number of rotatable bonds is 2. The molecule has 5 heteroatoms. The molecule has 0 aliphatic carbocycles. The van der Waals surface area contributed by atoms with Gasteiger partial charge in [0.15, 0.2) is 0 Å². The predicted octanol–water partition coefficient (Wildman–Crippen LogP) is 1.39. The molecule has 1 aromatic heterocycles. The lowest BCUT2D eigenvalue weighted by atomic mass is 10.1. The first-order valence-electron chi connectivity index (χ1n) is 6.09. The third kappa shape index (κ3) is 1.97. The highest BCUT2D eigenvalue weighted by molar-refractivity contribution is 4.97. The molecule has 3 heterocycles. The molecule has 5 nitrogen and oxygen atoms in total. The zero-order valence-electron chi connectivity index (χ0n) is 9.32. The van der Waals surface area contributed by atoms with Crippen LogP contribution in [0.4, 0.5) is 0 Å². The van der Waals surface area contributed by atoms with Crippen LogP contribution in [0.1, 0.15) is 49.5 Å². The fourth-order valence-electron chi connectivity index (χ4n) is 2.34. The summed E-state index contributed by atoms with van der Waals surface area (Å²) in [5.74, 6) is 1.83. The van der Waals surface area contributed by atoms with Gasteiger partial charge in [-0.1, -0.05) is 0 Å². The van der Waals surface area contributed by atoms with Crippen molar-refractivity contribution in [3.63, 3.8) is 0 Å². The molecule has 0 radical (unpaired) electrons. The van der Waals surface area contributed by atoms with E-state index in [4.69, 9.17) is 9.15 Å². The van der Waals surface area contributed by atoms with Crippen LogP contribution >= 0.6 is 0 Å². The molecule has 0 bridgehead atoms. The Morgan fingerprint density at radius 2 is 2.06 bits per heavy atom. The average Bonchev–Trinajstić information content (AvgIpc) is 3.01. The molecule has 2 aliphatic rings. The summed E-state index contributed by atoms with van der Waals surface area (Å²) in [6, 6.07) is 0. The Bertz CT molecular complexity index is 341. The third-order valence-electron chi connectivity index (χ3n) is 3.32. The molecule has 16 heavy (non-hydrogen) atoms. The van der Waals surface area contributed by atoms with Gasteiger partial charge in [0, 0.05) is 13.2 Å². The smallest absolute Gasteiger partial charge is 0.245 e. The van der Waals surface area contributed by atoms with E-state index in [1.54, 1.807) is 0 Å². The number of nitrogens with zero attached hydrogens (tertiary/aromatic N) is 2. The normalized spacial score (nSPS) is 30.8. The van der Waals surface area contributed by atoms with Gasteiger partial charge < -0.3 is 14.5 Å². The van der Waals surface area contributed by atoms with Gasteiger partial charge in [-0.2, -0.15) is 0 Å². The average molecular weight is 223 g/mol. The van der Waals surface area contributed by atoms with Crippen LogP contribution in [0.15, 0.2) is 4.42 Å². The molecule has 0 amide bonds. The van der Waals surface area contributed by atoms with Crippen LogP contribution in [0.3, 0.4) is 0 Å². The first kappa shape index (κ1) is 10.2. The van der Waals surface area contributed by atoms with E-state index in [0.29, 0.717) is 11.8 Å². The summed E-state index contributed by atoms with van der Waals surface area (Å²) in [5.41, 5.74) is 0. The fraction of sp³-hybridized carbons (Fsp3) is 0.818. The van der Waals surface area contributed by atoms with Crippen LogP contribution in [0.5, 0.6) is 0 Å². The Morgan fingerprint density at radius 1 is 1.12 bits per heavy atom. The summed E-state index contributed by atoms with van der Waals surface area (Å²) in [6.07, 6.45) is 4.46. The zero-order valence-corrected chi connectivity index (χ0v) is 9.32. The quantitative estimate of drug-likeness (QED) is 0.821. The minimum Gasteiger partial charge on any atom is -0.422 e. The first-order valence-corrected chi connectivity index (χ1v) is 6.09. The SMILES string of the molecule is C1CCC(c2nnc(C3CCNC3)o2)OC1. The summed E-state index contributed by atoms with van der Waals surface area (Å²) in [4.78, 5) is 0. The molecule has 2 unspecified atom stereocenters. The highest BCUT2D eigenvalue weighted by Crippen LogP contribution is 2.29. The van der Waals surface area contributed by atoms with E-state index >= 15 is 0 Å². The second-order valence-corrected chi connectivity index (χ2v) is 4.52.